The number of benzene rings is 2. The Bertz CT molecular complexity index is 1430. The van der Waals surface area contributed by atoms with Gasteiger partial charge in [-0.15, -0.1) is 0 Å². The van der Waals surface area contributed by atoms with Crippen molar-refractivity contribution in [1.29, 1.82) is 0 Å². The first-order valence-electron chi connectivity index (χ1n) is 16.3. The molecular formula is C35H43NO9. The van der Waals surface area contributed by atoms with Crippen LogP contribution in [-0.4, -0.2) is 94.5 Å². The van der Waals surface area contributed by atoms with Crippen molar-refractivity contribution in [2.45, 2.75) is 87.2 Å². The Hall–Kier alpha value is -3.18. The van der Waals surface area contributed by atoms with Gasteiger partial charge in [0, 0.05) is 29.0 Å². The quantitative estimate of drug-likeness (QED) is 0.330. The van der Waals surface area contributed by atoms with Crippen LogP contribution in [0.4, 0.5) is 0 Å². The Kier molecular flexibility index (Phi) is 7.83. The number of hydrogen-bond donors (Lipinski definition) is 4. The zero-order valence-corrected chi connectivity index (χ0v) is 25.6. The summed E-state index contributed by atoms with van der Waals surface area (Å²) < 4.78 is 19.3. The fraction of sp³-hybridized carbons (Fsp3) is 0.600. The van der Waals surface area contributed by atoms with Gasteiger partial charge < -0.3 is 34.6 Å². The fourth-order valence-corrected chi connectivity index (χ4v) is 9.32. The topological polar surface area (TPSA) is 146 Å². The number of aliphatic carboxylic acids is 2. The van der Waals surface area contributed by atoms with Gasteiger partial charge in [-0.1, -0.05) is 42.8 Å². The normalized spacial score (nSPS) is 33.5. The average molecular weight is 622 g/mol. The van der Waals surface area contributed by atoms with E-state index in [-0.39, 0.29) is 23.0 Å². The third kappa shape index (κ3) is 4.83. The van der Waals surface area contributed by atoms with Crippen molar-refractivity contribution in [3.63, 3.8) is 0 Å². The van der Waals surface area contributed by atoms with E-state index in [4.69, 9.17) is 34.6 Å². The summed E-state index contributed by atoms with van der Waals surface area (Å²) in [5.41, 5.74) is 4.79. The van der Waals surface area contributed by atoms with E-state index < -0.39 is 24.1 Å². The third-order valence-electron chi connectivity index (χ3n) is 11.8. The molecule has 0 aromatic heterocycles. The van der Waals surface area contributed by atoms with Gasteiger partial charge in [0.2, 0.25) is 0 Å². The van der Waals surface area contributed by atoms with Gasteiger partial charge >= 0.3 is 11.9 Å². The van der Waals surface area contributed by atoms with Crippen LogP contribution in [0.1, 0.15) is 55.2 Å². The predicted molar refractivity (Wildman–Crippen MR) is 162 cm³/mol. The number of rotatable bonds is 9. The number of nitrogens with zero attached hydrogens (tertiary/aromatic N) is 1. The van der Waals surface area contributed by atoms with Crippen molar-refractivity contribution in [3.8, 4) is 11.5 Å². The zero-order chi connectivity index (χ0) is 31.5. The molecule has 3 aliphatic carbocycles. The smallest absolute Gasteiger partial charge is 0.335 e. The molecule has 2 aromatic rings. The molecule has 10 heteroatoms. The first-order chi connectivity index (χ1) is 21.7. The van der Waals surface area contributed by atoms with Crippen LogP contribution in [0.5, 0.6) is 11.5 Å². The molecule has 0 radical (unpaired) electrons. The highest BCUT2D eigenvalue weighted by molar-refractivity contribution is 5.83. The maximum Gasteiger partial charge on any atom is 0.335 e. The predicted octanol–water partition coefficient (Wildman–Crippen LogP) is 3.04. The number of methoxy groups -OCH3 is 1. The highest BCUT2D eigenvalue weighted by Gasteiger charge is 2.73. The number of ether oxygens (including phenoxy) is 3. The molecule has 3 heterocycles. The van der Waals surface area contributed by atoms with E-state index in [0.29, 0.717) is 12.0 Å². The summed E-state index contributed by atoms with van der Waals surface area (Å²) in [6.45, 7) is 3.40. The van der Waals surface area contributed by atoms with Crippen LogP contribution >= 0.6 is 0 Å². The molecule has 6 aliphatic rings. The van der Waals surface area contributed by atoms with E-state index in [9.17, 15) is 9.59 Å². The fourth-order valence-electron chi connectivity index (χ4n) is 9.32. The van der Waals surface area contributed by atoms with E-state index in [0.717, 1.165) is 30.4 Å². The number of carboxylic acid groups (broad SMARTS) is 2. The largest absolute Gasteiger partial charge is 0.493 e. The van der Waals surface area contributed by atoms with Crippen LogP contribution in [0.2, 0.25) is 0 Å². The minimum atomic E-state index is -2.27. The first kappa shape index (κ1) is 30.5. The highest BCUT2D eigenvalue weighted by Crippen LogP contribution is 2.69. The Labute approximate surface area is 262 Å². The minimum absolute atomic E-state index is 0.0968. The molecule has 45 heavy (non-hydrogen) atoms. The van der Waals surface area contributed by atoms with Crippen molar-refractivity contribution in [3.05, 3.63) is 59.2 Å². The van der Waals surface area contributed by atoms with Crippen molar-refractivity contribution >= 4 is 11.9 Å². The minimum Gasteiger partial charge on any atom is -0.493 e. The Morgan fingerprint density at radius 2 is 1.78 bits per heavy atom. The summed E-state index contributed by atoms with van der Waals surface area (Å²) in [7, 11) is 1.79. The molecule has 0 amide bonds. The highest BCUT2D eigenvalue weighted by atomic mass is 16.6. The van der Waals surface area contributed by atoms with Crippen LogP contribution in [0, 0.1) is 17.3 Å². The van der Waals surface area contributed by atoms with Crippen molar-refractivity contribution in [2.24, 2.45) is 17.3 Å². The standard InChI is InChI=1S/C31H37NO3.C4H6O6/c1-33-25-11-10-22-16-24-23-17-30(13-12-20-6-3-2-4-7-20)19-34-28(30)29-31(23,26(22)27(25)35-29)14-15-32(24)18-21-8-5-9-21;5-1(3(7)8)2(6)4(9)10/h2-4,6-7,10-11,21,23-24,28-29H,5,8-9,12-19H2,1H3;1-2,5-6H,(H,7,8)(H,9,10)/t23?,24?,28-,29?,30-,31?;/m1./s1. The number of fused-ring (bicyclic) bond motifs is 2. The van der Waals surface area contributed by atoms with Gasteiger partial charge in [-0.05, 0) is 80.5 Å². The molecule has 10 nitrogen and oxygen atoms in total. The number of carbonyl (C=O) groups is 2. The number of likely N-dealkylation sites (tertiary alicyclic amines) is 1. The summed E-state index contributed by atoms with van der Waals surface area (Å²) in [6.07, 6.45) is 6.07. The molecule has 8 rings (SSSR count). The number of aliphatic hydroxyl groups excluding tert-OH is 2. The summed E-state index contributed by atoms with van der Waals surface area (Å²) in [5, 5.41) is 32.5. The van der Waals surface area contributed by atoms with Gasteiger partial charge in [0.05, 0.1) is 13.7 Å². The van der Waals surface area contributed by atoms with Crippen LogP contribution in [-0.2, 0) is 32.6 Å². The third-order valence-corrected chi connectivity index (χ3v) is 11.8. The molecular weight excluding hydrogens is 578 g/mol. The van der Waals surface area contributed by atoms with E-state index in [1.54, 1.807) is 7.11 Å². The van der Waals surface area contributed by atoms with Crippen LogP contribution in [0.25, 0.3) is 0 Å². The molecule has 6 unspecified atom stereocenters. The molecule has 2 saturated heterocycles. The molecule has 3 aliphatic heterocycles. The molecule has 2 aromatic carbocycles. The molecule has 1 spiro atoms. The summed E-state index contributed by atoms with van der Waals surface area (Å²) in [5.74, 6) is -0.0121. The number of hydrogen-bond acceptors (Lipinski definition) is 8. The number of carboxylic acids is 2. The molecule has 4 fully saturated rings. The van der Waals surface area contributed by atoms with Crippen LogP contribution < -0.4 is 9.47 Å². The van der Waals surface area contributed by atoms with Crippen molar-refractivity contribution in [2.75, 3.05) is 26.8 Å². The lowest BCUT2D eigenvalue weighted by Crippen LogP contribution is -2.75. The van der Waals surface area contributed by atoms with E-state index in [2.05, 4.69) is 47.4 Å². The second-order valence-corrected chi connectivity index (χ2v) is 14.0. The lowest BCUT2D eigenvalue weighted by molar-refractivity contribution is -0.280. The summed E-state index contributed by atoms with van der Waals surface area (Å²) in [4.78, 5) is 22.5. The number of piperidine rings is 1. The number of aliphatic hydroxyl groups is 2. The molecule has 2 bridgehead atoms. The summed E-state index contributed by atoms with van der Waals surface area (Å²) in [6, 6.07) is 16.2. The maximum atomic E-state index is 9.77. The molecule has 242 valence electrons. The second kappa shape index (κ2) is 11.6. The SMILES string of the molecule is COc1ccc2c3c1OC1[C@H]4OC[C@@]4(CCc4ccccc4)CC4C(C2)N(CC2CCC2)CCC341.O=C(O)C(O)C(O)C(=O)O. The van der Waals surface area contributed by atoms with E-state index in [1.165, 1.54) is 74.7 Å². The van der Waals surface area contributed by atoms with Gasteiger partial charge in [-0.3, -0.25) is 4.90 Å². The molecule has 2 saturated carbocycles. The van der Waals surface area contributed by atoms with Gasteiger partial charge in [0.1, 0.15) is 12.2 Å². The van der Waals surface area contributed by atoms with E-state index in [1.807, 2.05) is 0 Å². The van der Waals surface area contributed by atoms with Crippen molar-refractivity contribution in [1.82, 2.24) is 4.90 Å². The Balaban J connectivity index is 0.000000284. The average Bonchev–Trinajstić information content (AvgIpc) is 3.33. The van der Waals surface area contributed by atoms with Gasteiger partial charge in [-0.2, -0.15) is 0 Å². The lowest BCUT2D eigenvalue weighted by atomic mass is 9.45. The molecule has 8 atom stereocenters. The lowest BCUT2D eigenvalue weighted by Gasteiger charge is -2.67. The van der Waals surface area contributed by atoms with Crippen LogP contribution in [0.3, 0.4) is 0 Å². The number of aryl methyl sites for hydroxylation is 1. The zero-order valence-electron chi connectivity index (χ0n) is 25.6. The first-order valence-corrected chi connectivity index (χ1v) is 16.3. The molecule has 4 N–H and O–H groups in total. The Morgan fingerprint density at radius 1 is 1.04 bits per heavy atom. The van der Waals surface area contributed by atoms with E-state index >= 15 is 0 Å². The van der Waals surface area contributed by atoms with Crippen molar-refractivity contribution < 1.29 is 44.2 Å². The summed E-state index contributed by atoms with van der Waals surface area (Å²) >= 11 is 0. The van der Waals surface area contributed by atoms with Crippen LogP contribution in [0.15, 0.2) is 42.5 Å². The van der Waals surface area contributed by atoms with Gasteiger partial charge in [0.15, 0.2) is 23.7 Å². The second-order valence-electron chi connectivity index (χ2n) is 14.0. The van der Waals surface area contributed by atoms with Gasteiger partial charge in [-0.25, -0.2) is 9.59 Å². The Morgan fingerprint density at radius 3 is 2.38 bits per heavy atom. The monoisotopic (exact) mass is 621 g/mol. The van der Waals surface area contributed by atoms with Gasteiger partial charge in [0.25, 0.3) is 0 Å². The maximum absolute atomic E-state index is 9.77.